The third-order valence-electron chi connectivity index (χ3n) is 3.18. The Morgan fingerprint density at radius 3 is 2.70 bits per heavy atom. The topological polar surface area (TPSA) is 79.5 Å². The first-order valence-electron chi connectivity index (χ1n) is 6.47. The lowest BCUT2D eigenvalue weighted by Gasteiger charge is -2.09. The first-order valence-corrected chi connectivity index (χ1v) is 6.47. The van der Waals surface area contributed by atoms with Crippen LogP contribution in [0.5, 0.6) is 0 Å². The molecule has 0 fully saturated rings. The Bertz CT molecular complexity index is 644. The van der Waals surface area contributed by atoms with Crippen molar-refractivity contribution in [2.45, 2.75) is 20.3 Å². The molecule has 2 aromatic rings. The van der Waals surface area contributed by atoms with Gasteiger partial charge in [0.1, 0.15) is 5.58 Å². The number of carbonyl (C=O) groups is 2. The van der Waals surface area contributed by atoms with E-state index in [0.717, 1.165) is 10.9 Å². The molecule has 1 unspecified atom stereocenters. The van der Waals surface area contributed by atoms with Crippen LogP contribution in [-0.4, -0.2) is 23.5 Å². The number of aryl methyl sites for hydroxylation is 1. The van der Waals surface area contributed by atoms with Crippen molar-refractivity contribution < 1.29 is 19.1 Å². The minimum absolute atomic E-state index is 0.0272. The number of carboxylic acids is 1. The predicted octanol–water partition coefficient (Wildman–Crippen LogP) is 2.58. The smallest absolute Gasteiger partial charge is 0.303 e. The summed E-state index contributed by atoms with van der Waals surface area (Å²) < 4.78 is 5.55. The van der Waals surface area contributed by atoms with Gasteiger partial charge in [-0.1, -0.05) is 25.1 Å². The van der Waals surface area contributed by atoms with Crippen LogP contribution in [0.2, 0.25) is 0 Å². The molecule has 0 spiro atoms. The van der Waals surface area contributed by atoms with E-state index in [1.165, 1.54) is 0 Å². The number of hydrogen-bond donors (Lipinski definition) is 2. The molecule has 2 rings (SSSR count). The molecule has 5 nitrogen and oxygen atoms in total. The summed E-state index contributed by atoms with van der Waals surface area (Å²) in [4.78, 5) is 22.6. The number of amides is 1. The summed E-state index contributed by atoms with van der Waals surface area (Å²) in [5, 5.41) is 12.3. The van der Waals surface area contributed by atoms with Crippen LogP contribution in [-0.2, 0) is 4.79 Å². The Hall–Kier alpha value is -2.30. The molecule has 20 heavy (non-hydrogen) atoms. The Morgan fingerprint density at radius 2 is 2.05 bits per heavy atom. The highest BCUT2D eigenvalue weighted by molar-refractivity contribution is 5.98. The third-order valence-corrected chi connectivity index (χ3v) is 3.18. The maximum Gasteiger partial charge on any atom is 0.303 e. The molecule has 106 valence electrons. The van der Waals surface area contributed by atoms with Crippen LogP contribution < -0.4 is 5.32 Å². The summed E-state index contributed by atoms with van der Waals surface area (Å²) >= 11 is 0. The predicted molar refractivity (Wildman–Crippen MR) is 74.7 cm³/mol. The molecule has 0 aliphatic rings. The molecule has 0 saturated carbocycles. The van der Waals surface area contributed by atoms with Crippen molar-refractivity contribution in [3.63, 3.8) is 0 Å². The first kappa shape index (κ1) is 14.1. The normalized spacial score (nSPS) is 12.3. The van der Waals surface area contributed by atoms with Gasteiger partial charge in [0.15, 0.2) is 5.76 Å². The zero-order valence-electron chi connectivity index (χ0n) is 11.5. The monoisotopic (exact) mass is 275 g/mol. The molecule has 1 heterocycles. The summed E-state index contributed by atoms with van der Waals surface area (Å²) in [6.07, 6.45) is 0.0272. The number of nitrogens with one attached hydrogen (secondary N) is 1. The first-order chi connectivity index (χ1) is 9.49. The molecule has 1 aromatic heterocycles. The van der Waals surface area contributed by atoms with E-state index in [1.54, 1.807) is 6.92 Å². The quantitative estimate of drug-likeness (QED) is 0.879. The zero-order valence-corrected chi connectivity index (χ0v) is 11.5. The molecule has 0 saturated heterocycles. The average molecular weight is 275 g/mol. The van der Waals surface area contributed by atoms with Gasteiger partial charge in [0, 0.05) is 23.9 Å². The van der Waals surface area contributed by atoms with Gasteiger partial charge in [0.25, 0.3) is 5.91 Å². The van der Waals surface area contributed by atoms with Gasteiger partial charge in [-0.15, -0.1) is 0 Å². The standard InChI is InChI=1S/C15H17NO4/c1-9(7-13(17)18)8-16-15(19)14-10(2)11-5-3-4-6-12(11)20-14/h3-6,9H,7-8H2,1-2H3,(H,16,19)(H,17,18). The molecule has 0 radical (unpaired) electrons. The molecule has 0 aliphatic carbocycles. The number of furan rings is 1. The van der Waals surface area contributed by atoms with Crippen LogP contribution in [0.25, 0.3) is 11.0 Å². The third kappa shape index (κ3) is 2.99. The van der Waals surface area contributed by atoms with Crippen LogP contribution in [0.15, 0.2) is 28.7 Å². The second kappa shape index (κ2) is 5.77. The van der Waals surface area contributed by atoms with Crippen molar-refractivity contribution in [3.8, 4) is 0 Å². The van der Waals surface area contributed by atoms with Crippen LogP contribution in [0.3, 0.4) is 0 Å². The van der Waals surface area contributed by atoms with Gasteiger partial charge in [-0.25, -0.2) is 0 Å². The summed E-state index contributed by atoms with van der Waals surface area (Å²) in [7, 11) is 0. The maximum absolute atomic E-state index is 12.1. The van der Waals surface area contributed by atoms with Gasteiger partial charge in [-0.05, 0) is 18.9 Å². The van der Waals surface area contributed by atoms with E-state index in [1.807, 2.05) is 31.2 Å². The number of carboxylic acid groups (broad SMARTS) is 1. The van der Waals surface area contributed by atoms with Crippen molar-refractivity contribution >= 4 is 22.8 Å². The molecular weight excluding hydrogens is 258 g/mol. The lowest BCUT2D eigenvalue weighted by atomic mass is 10.1. The highest BCUT2D eigenvalue weighted by Crippen LogP contribution is 2.24. The Labute approximate surface area is 116 Å². The van der Waals surface area contributed by atoms with Gasteiger partial charge < -0.3 is 14.8 Å². The van der Waals surface area contributed by atoms with E-state index in [2.05, 4.69) is 5.32 Å². The molecule has 2 N–H and O–H groups in total. The zero-order chi connectivity index (χ0) is 14.7. The highest BCUT2D eigenvalue weighted by Gasteiger charge is 2.18. The summed E-state index contributed by atoms with van der Waals surface area (Å²) in [6.45, 7) is 3.92. The number of para-hydroxylation sites is 1. The van der Waals surface area contributed by atoms with Gasteiger partial charge in [0.2, 0.25) is 0 Å². The molecular formula is C15H17NO4. The molecule has 0 bridgehead atoms. The number of aliphatic carboxylic acids is 1. The Kier molecular flexibility index (Phi) is 4.08. The Morgan fingerprint density at radius 1 is 1.35 bits per heavy atom. The fraction of sp³-hybridized carbons (Fsp3) is 0.333. The van der Waals surface area contributed by atoms with Crippen LogP contribution in [0.1, 0.15) is 29.5 Å². The average Bonchev–Trinajstić information content (AvgIpc) is 2.73. The number of benzene rings is 1. The van der Waals surface area contributed by atoms with Crippen molar-refractivity contribution in [3.05, 3.63) is 35.6 Å². The lowest BCUT2D eigenvalue weighted by molar-refractivity contribution is -0.137. The molecule has 1 atom stereocenters. The second-order valence-electron chi connectivity index (χ2n) is 4.97. The number of carbonyl (C=O) groups excluding carboxylic acids is 1. The largest absolute Gasteiger partial charge is 0.481 e. The maximum atomic E-state index is 12.1. The summed E-state index contributed by atoms with van der Waals surface area (Å²) in [5.74, 6) is -1.02. The number of fused-ring (bicyclic) bond motifs is 1. The SMILES string of the molecule is Cc1c(C(=O)NCC(C)CC(=O)O)oc2ccccc12. The van der Waals surface area contributed by atoms with Crippen molar-refractivity contribution in [1.29, 1.82) is 0 Å². The van der Waals surface area contributed by atoms with Crippen LogP contribution in [0.4, 0.5) is 0 Å². The van der Waals surface area contributed by atoms with E-state index >= 15 is 0 Å². The van der Waals surface area contributed by atoms with Gasteiger partial charge in [-0.3, -0.25) is 9.59 Å². The highest BCUT2D eigenvalue weighted by atomic mass is 16.4. The molecule has 5 heteroatoms. The van der Waals surface area contributed by atoms with Gasteiger partial charge >= 0.3 is 5.97 Å². The fourth-order valence-corrected chi connectivity index (χ4v) is 2.11. The molecule has 1 amide bonds. The van der Waals surface area contributed by atoms with E-state index in [9.17, 15) is 9.59 Å². The van der Waals surface area contributed by atoms with E-state index in [0.29, 0.717) is 12.1 Å². The minimum Gasteiger partial charge on any atom is -0.481 e. The lowest BCUT2D eigenvalue weighted by Crippen LogP contribution is -2.29. The van der Waals surface area contributed by atoms with Crippen molar-refractivity contribution in [2.75, 3.05) is 6.54 Å². The van der Waals surface area contributed by atoms with Crippen LogP contribution >= 0.6 is 0 Å². The number of hydrogen-bond acceptors (Lipinski definition) is 3. The van der Waals surface area contributed by atoms with Gasteiger partial charge in [-0.2, -0.15) is 0 Å². The summed E-state index contributed by atoms with van der Waals surface area (Å²) in [6, 6.07) is 7.45. The van der Waals surface area contributed by atoms with E-state index in [-0.39, 0.29) is 24.0 Å². The summed E-state index contributed by atoms with van der Waals surface area (Å²) in [5.41, 5.74) is 1.47. The fourth-order valence-electron chi connectivity index (χ4n) is 2.11. The van der Waals surface area contributed by atoms with Crippen molar-refractivity contribution in [2.24, 2.45) is 5.92 Å². The van der Waals surface area contributed by atoms with Gasteiger partial charge in [0.05, 0.1) is 0 Å². The number of rotatable bonds is 5. The van der Waals surface area contributed by atoms with E-state index in [4.69, 9.17) is 9.52 Å². The second-order valence-corrected chi connectivity index (χ2v) is 4.97. The van der Waals surface area contributed by atoms with E-state index < -0.39 is 5.97 Å². The van der Waals surface area contributed by atoms with Crippen molar-refractivity contribution in [1.82, 2.24) is 5.32 Å². The minimum atomic E-state index is -0.869. The Balaban J connectivity index is 2.08. The molecule has 1 aromatic carbocycles. The van der Waals surface area contributed by atoms with Crippen LogP contribution in [0, 0.1) is 12.8 Å². The molecule has 0 aliphatic heterocycles.